The molecule has 0 amide bonds. The van der Waals surface area contributed by atoms with E-state index in [1.165, 1.54) is 26.0 Å². The zero-order valence-electron chi connectivity index (χ0n) is 14.5. The van der Waals surface area contributed by atoms with E-state index in [1.54, 1.807) is 23.0 Å². The zero-order valence-corrected chi connectivity index (χ0v) is 16.9. The molecule has 0 unspecified atom stereocenters. The third-order valence-corrected chi connectivity index (χ3v) is 5.43. The first-order chi connectivity index (χ1) is 13.1. The number of thioether (sulfide) groups is 1. The third-order valence-electron chi connectivity index (χ3n) is 4.12. The molecule has 0 N–H and O–H groups in total. The van der Waals surface area contributed by atoms with E-state index >= 15 is 0 Å². The lowest BCUT2D eigenvalue weighted by Crippen LogP contribution is -1.98. The van der Waals surface area contributed by atoms with Crippen LogP contribution in [0.1, 0.15) is 0 Å². The predicted octanol–water partition coefficient (Wildman–Crippen LogP) is 4.39. The standard InChI is InChI=1S/C17H13Cl2N5O2S/c1-25-10-5-11(26-2)14(19)12(13(10)18)9-4-8-6-20-17(27-3)22-15(8)24-7-21-23-16(9)24/h4-7H,1-3H3. The summed E-state index contributed by atoms with van der Waals surface area (Å²) in [6, 6.07) is 3.53. The molecule has 0 aliphatic carbocycles. The highest BCUT2D eigenvalue weighted by Gasteiger charge is 2.22. The Balaban J connectivity index is 2.12. The van der Waals surface area contributed by atoms with E-state index in [-0.39, 0.29) is 0 Å². The van der Waals surface area contributed by atoms with E-state index in [2.05, 4.69) is 20.2 Å². The van der Waals surface area contributed by atoms with E-state index in [1.807, 2.05) is 12.3 Å². The van der Waals surface area contributed by atoms with Crippen LogP contribution in [0.5, 0.6) is 11.5 Å². The predicted molar refractivity (Wildman–Crippen MR) is 106 cm³/mol. The molecule has 0 saturated carbocycles. The molecular formula is C17H13Cl2N5O2S. The van der Waals surface area contributed by atoms with Crippen molar-refractivity contribution in [2.75, 3.05) is 20.5 Å². The van der Waals surface area contributed by atoms with Gasteiger partial charge in [-0.15, -0.1) is 10.2 Å². The van der Waals surface area contributed by atoms with E-state index in [0.29, 0.717) is 49.1 Å². The van der Waals surface area contributed by atoms with Gasteiger partial charge in [-0.2, -0.15) is 0 Å². The van der Waals surface area contributed by atoms with Crippen molar-refractivity contribution in [2.45, 2.75) is 5.16 Å². The summed E-state index contributed by atoms with van der Waals surface area (Å²) >= 11 is 14.6. The number of benzene rings is 1. The minimum Gasteiger partial charge on any atom is -0.495 e. The summed E-state index contributed by atoms with van der Waals surface area (Å²) in [5, 5.41) is 10.4. The lowest BCUT2D eigenvalue weighted by Gasteiger charge is -2.15. The molecule has 0 radical (unpaired) electrons. The highest BCUT2D eigenvalue weighted by molar-refractivity contribution is 7.98. The molecule has 27 heavy (non-hydrogen) atoms. The Hall–Kier alpha value is -2.29. The smallest absolute Gasteiger partial charge is 0.189 e. The van der Waals surface area contributed by atoms with Crippen LogP contribution in [-0.4, -0.2) is 45.0 Å². The molecule has 138 valence electrons. The lowest BCUT2D eigenvalue weighted by atomic mass is 10.0. The highest BCUT2D eigenvalue weighted by Crippen LogP contribution is 2.47. The van der Waals surface area contributed by atoms with E-state index in [0.717, 1.165) is 5.39 Å². The van der Waals surface area contributed by atoms with Crippen molar-refractivity contribution in [1.82, 2.24) is 24.6 Å². The van der Waals surface area contributed by atoms with Gasteiger partial charge in [-0.1, -0.05) is 35.0 Å². The number of aromatic nitrogens is 5. The summed E-state index contributed by atoms with van der Waals surface area (Å²) in [7, 11) is 3.06. The summed E-state index contributed by atoms with van der Waals surface area (Å²) in [6.07, 6.45) is 5.26. The molecule has 3 heterocycles. The first-order valence-corrected chi connectivity index (χ1v) is 9.71. The van der Waals surface area contributed by atoms with Crippen molar-refractivity contribution < 1.29 is 9.47 Å². The van der Waals surface area contributed by atoms with E-state index in [4.69, 9.17) is 32.7 Å². The molecule has 1 aromatic carbocycles. The van der Waals surface area contributed by atoms with E-state index < -0.39 is 0 Å². The van der Waals surface area contributed by atoms with Crippen LogP contribution in [0.4, 0.5) is 0 Å². The van der Waals surface area contributed by atoms with Gasteiger partial charge in [-0.3, -0.25) is 4.40 Å². The molecular weight excluding hydrogens is 409 g/mol. The average Bonchev–Trinajstić information content (AvgIpc) is 3.18. The summed E-state index contributed by atoms with van der Waals surface area (Å²) in [5.74, 6) is 0.888. The van der Waals surface area contributed by atoms with Crippen LogP contribution in [0.3, 0.4) is 0 Å². The Morgan fingerprint density at radius 3 is 2.37 bits per heavy atom. The van der Waals surface area contributed by atoms with Gasteiger partial charge in [0.15, 0.2) is 16.5 Å². The van der Waals surface area contributed by atoms with Crippen molar-refractivity contribution in [3.8, 4) is 22.6 Å². The quantitative estimate of drug-likeness (QED) is 0.357. The van der Waals surface area contributed by atoms with Crippen LogP contribution in [0.15, 0.2) is 29.8 Å². The number of hydrogen-bond donors (Lipinski definition) is 0. The van der Waals surface area contributed by atoms with Gasteiger partial charge in [0.25, 0.3) is 0 Å². The molecule has 0 fully saturated rings. The second-order valence-electron chi connectivity index (χ2n) is 5.50. The molecule has 0 spiro atoms. The van der Waals surface area contributed by atoms with Crippen molar-refractivity contribution in [3.63, 3.8) is 0 Å². The molecule has 4 rings (SSSR count). The molecule has 0 aliphatic heterocycles. The van der Waals surface area contributed by atoms with Crippen LogP contribution in [0, 0.1) is 0 Å². The zero-order chi connectivity index (χ0) is 19.1. The number of hydrogen-bond acceptors (Lipinski definition) is 7. The molecule has 4 aromatic rings. The summed E-state index contributed by atoms with van der Waals surface area (Å²) < 4.78 is 12.5. The normalized spacial score (nSPS) is 11.3. The Morgan fingerprint density at radius 1 is 1.04 bits per heavy atom. The second-order valence-corrected chi connectivity index (χ2v) is 7.03. The maximum absolute atomic E-state index is 6.59. The average molecular weight is 422 g/mol. The van der Waals surface area contributed by atoms with Crippen LogP contribution in [0.25, 0.3) is 27.8 Å². The summed E-state index contributed by atoms with van der Waals surface area (Å²) in [5.41, 5.74) is 2.48. The summed E-state index contributed by atoms with van der Waals surface area (Å²) in [6.45, 7) is 0. The topological polar surface area (TPSA) is 74.4 Å². The molecule has 0 atom stereocenters. The summed E-state index contributed by atoms with van der Waals surface area (Å²) in [4.78, 5) is 8.91. The van der Waals surface area contributed by atoms with E-state index in [9.17, 15) is 0 Å². The fourth-order valence-corrected chi connectivity index (χ4v) is 3.90. The van der Waals surface area contributed by atoms with Gasteiger partial charge in [0, 0.05) is 28.8 Å². The van der Waals surface area contributed by atoms with Crippen LogP contribution < -0.4 is 9.47 Å². The van der Waals surface area contributed by atoms with Gasteiger partial charge in [-0.25, -0.2) is 9.97 Å². The van der Waals surface area contributed by atoms with Crippen LogP contribution in [0.2, 0.25) is 10.0 Å². The number of fused-ring (bicyclic) bond motifs is 3. The van der Waals surface area contributed by atoms with Gasteiger partial charge >= 0.3 is 0 Å². The number of ether oxygens (including phenoxy) is 2. The molecule has 0 bridgehead atoms. The Bertz CT molecular complexity index is 1150. The van der Waals surface area contributed by atoms with Gasteiger partial charge in [0.2, 0.25) is 0 Å². The maximum atomic E-state index is 6.59. The SMILES string of the molecule is COc1cc(OC)c(Cl)c(-c2cc3cnc(SC)nc3n3cnnc23)c1Cl. The van der Waals surface area contributed by atoms with Crippen molar-refractivity contribution in [2.24, 2.45) is 0 Å². The molecule has 0 saturated heterocycles. The first kappa shape index (κ1) is 18.1. The van der Waals surface area contributed by atoms with Crippen LogP contribution >= 0.6 is 35.0 Å². The fraction of sp³-hybridized carbons (Fsp3) is 0.176. The second kappa shape index (κ2) is 7.03. The number of halogens is 2. The van der Waals surface area contributed by atoms with Gasteiger partial charge in [-0.05, 0) is 12.3 Å². The number of methoxy groups -OCH3 is 2. The van der Waals surface area contributed by atoms with Crippen LogP contribution in [-0.2, 0) is 0 Å². The van der Waals surface area contributed by atoms with Crippen molar-refractivity contribution in [1.29, 1.82) is 0 Å². The molecule has 3 aromatic heterocycles. The molecule has 10 heteroatoms. The highest BCUT2D eigenvalue weighted by atomic mass is 35.5. The van der Waals surface area contributed by atoms with Gasteiger partial charge < -0.3 is 9.47 Å². The van der Waals surface area contributed by atoms with Crippen molar-refractivity contribution >= 4 is 51.6 Å². The number of pyridine rings is 1. The Kier molecular flexibility index (Phi) is 4.71. The fourth-order valence-electron chi connectivity index (χ4n) is 2.86. The van der Waals surface area contributed by atoms with Crippen molar-refractivity contribution in [3.05, 3.63) is 34.7 Å². The largest absolute Gasteiger partial charge is 0.495 e. The molecule has 0 aliphatic rings. The first-order valence-electron chi connectivity index (χ1n) is 7.72. The van der Waals surface area contributed by atoms with Gasteiger partial charge in [0.05, 0.1) is 24.3 Å². The monoisotopic (exact) mass is 421 g/mol. The lowest BCUT2D eigenvalue weighted by molar-refractivity contribution is 0.395. The maximum Gasteiger partial charge on any atom is 0.189 e. The minimum absolute atomic E-state index is 0.356. The van der Waals surface area contributed by atoms with Gasteiger partial charge in [0.1, 0.15) is 17.8 Å². The number of rotatable bonds is 4. The third kappa shape index (κ3) is 2.84. The Labute approximate surface area is 168 Å². The minimum atomic E-state index is 0.356. The number of nitrogens with zero attached hydrogens (tertiary/aromatic N) is 5. The molecule has 7 nitrogen and oxygen atoms in total. The Morgan fingerprint density at radius 2 is 1.74 bits per heavy atom.